The molecule has 0 aromatic heterocycles. The molecule has 0 spiro atoms. The van der Waals surface area contributed by atoms with Gasteiger partial charge in [0.05, 0.1) is 16.6 Å². The zero-order valence-corrected chi connectivity index (χ0v) is 13.2. The third kappa shape index (κ3) is 4.49. The number of nitrogens with zero attached hydrogens (tertiary/aromatic N) is 2. The molecule has 0 bridgehead atoms. The first-order chi connectivity index (χ1) is 10.8. The summed E-state index contributed by atoms with van der Waals surface area (Å²) >= 11 is 0. The number of rotatable bonds is 6. The molecule has 0 aliphatic carbocycles. The first kappa shape index (κ1) is 17.4. The van der Waals surface area contributed by atoms with Crippen LogP contribution in [0.2, 0.25) is 0 Å². The van der Waals surface area contributed by atoms with Crippen LogP contribution in [0.3, 0.4) is 0 Å². The van der Waals surface area contributed by atoms with Gasteiger partial charge in [-0.3, -0.25) is 14.9 Å². The van der Waals surface area contributed by atoms with E-state index < -0.39 is 26.8 Å². The number of aryl methyl sites for hydroxylation is 1. The number of hydrogen-bond acceptors (Lipinski definition) is 5. The van der Waals surface area contributed by atoms with Crippen LogP contribution in [0.1, 0.15) is 18.4 Å². The number of carbonyl (C=O) groups is 1. The average molecular weight is 342 g/mol. The fourth-order valence-electron chi connectivity index (χ4n) is 2.56. The lowest BCUT2D eigenvalue weighted by atomic mass is 10.0. The van der Waals surface area contributed by atoms with Gasteiger partial charge in [0, 0.05) is 25.2 Å². The van der Waals surface area contributed by atoms with Crippen molar-refractivity contribution in [2.45, 2.75) is 19.3 Å². The Balaban J connectivity index is 1.98. The van der Waals surface area contributed by atoms with Gasteiger partial charge >= 0.3 is 5.97 Å². The van der Waals surface area contributed by atoms with Gasteiger partial charge in [-0.2, -0.15) is 0 Å². The first-order valence-electron chi connectivity index (χ1n) is 7.23. The number of benzene rings is 1. The maximum absolute atomic E-state index is 12.3. The van der Waals surface area contributed by atoms with Gasteiger partial charge in [-0.25, -0.2) is 12.7 Å². The number of carboxylic acids is 1. The molecule has 126 valence electrons. The standard InChI is InChI=1S/C14H18N2O6S/c17-14(18)12-2-1-8-15(10-12)23(21,22)9-7-11-3-5-13(6-4-11)16(19)20/h3-6,12H,1-2,7-10H2,(H,17,18). The molecule has 1 N–H and O–H groups in total. The van der Waals surface area contributed by atoms with E-state index in [-0.39, 0.29) is 24.4 Å². The van der Waals surface area contributed by atoms with Crippen LogP contribution in [0.5, 0.6) is 0 Å². The van der Waals surface area contributed by atoms with Crippen molar-refractivity contribution in [1.29, 1.82) is 0 Å². The zero-order valence-electron chi connectivity index (χ0n) is 12.4. The van der Waals surface area contributed by atoms with E-state index in [2.05, 4.69) is 0 Å². The van der Waals surface area contributed by atoms with Gasteiger partial charge in [-0.05, 0) is 24.8 Å². The van der Waals surface area contributed by atoms with Crippen molar-refractivity contribution in [3.8, 4) is 0 Å². The van der Waals surface area contributed by atoms with Crippen LogP contribution < -0.4 is 0 Å². The molecule has 1 unspecified atom stereocenters. The van der Waals surface area contributed by atoms with Gasteiger partial charge in [-0.15, -0.1) is 0 Å². The summed E-state index contributed by atoms with van der Waals surface area (Å²) in [5.41, 5.74) is 0.642. The predicted octanol–water partition coefficient (Wildman–Crippen LogP) is 1.26. The van der Waals surface area contributed by atoms with E-state index in [0.717, 1.165) is 0 Å². The van der Waals surface area contributed by atoms with Crippen molar-refractivity contribution >= 4 is 21.7 Å². The van der Waals surface area contributed by atoms with Crippen LogP contribution in [-0.4, -0.2) is 47.6 Å². The average Bonchev–Trinajstić information content (AvgIpc) is 2.53. The lowest BCUT2D eigenvalue weighted by Gasteiger charge is -2.29. The molecule has 1 heterocycles. The van der Waals surface area contributed by atoms with E-state index in [1.165, 1.54) is 28.6 Å². The van der Waals surface area contributed by atoms with Crippen LogP contribution in [0, 0.1) is 16.0 Å². The Morgan fingerprint density at radius 1 is 1.35 bits per heavy atom. The number of piperidine rings is 1. The quantitative estimate of drug-likeness (QED) is 0.614. The maximum Gasteiger partial charge on any atom is 0.307 e. The van der Waals surface area contributed by atoms with Gasteiger partial charge in [0.15, 0.2) is 0 Å². The Hall–Kier alpha value is -2.00. The highest BCUT2D eigenvalue weighted by Gasteiger charge is 2.31. The summed E-state index contributed by atoms with van der Waals surface area (Å²) in [6.45, 7) is 0.351. The van der Waals surface area contributed by atoms with E-state index in [1.807, 2.05) is 0 Å². The molecule has 8 nitrogen and oxygen atoms in total. The minimum atomic E-state index is -3.54. The molecule has 0 saturated carbocycles. The van der Waals surface area contributed by atoms with E-state index in [4.69, 9.17) is 5.11 Å². The molecule has 1 aliphatic rings. The largest absolute Gasteiger partial charge is 0.481 e. The molecular weight excluding hydrogens is 324 g/mol. The number of nitro benzene ring substituents is 1. The van der Waals surface area contributed by atoms with Gasteiger partial charge in [0.25, 0.3) is 5.69 Å². The molecular formula is C14H18N2O6S. The molecule has 1 aromatic rings. The Morgan fingerprint density at radius 2 is 2.00 bits per heavy atom. The number of sulfonamides is 1. The lowest BCUT2D eigenvalue weighted by molar-refractivity contribution is -0.384. The van der Waals surface area contributed by atoms with Crippen molar-refractivity contribution in [1.82, 2.24) is 4.31 Å². The third-order valence-corrected chi connectivity index (χ3v) is 5.76. The van der Waals surface area contributed by atoms with Crippen LogP contribution in [-0.2, 0) is 21.2 Å². The molecule has 2 rings (SSSR count). The second-order valence-electron chi connectivity index (χ2n) is 5.52. The van der Waals surface area contributed by atoms with Crippen LogP contribution >= 0.6 is 0 Å². The highest BCUT2D eigenvalue weighted by molar-refractivity contribution is 7.89. The minimum Gasteiger partial charge on any atom is -0.481 e. The summed E-state index contributed by atoms with van der Waals surface area (Å²) in [6.07, 6.45) is 1.26. The number of non-ortho nitro benzene ring substituents is 1. The van der Waals surface area contributed by atoms with E-state index in [0.29, 0.717) is 24.9 Å². The van der Waals surface area contributed by atoms with E-state index >= 15 is 0 Å². The van der Waals surface area contributed by atoms with Crippen molar-refractivity contribution in [3.63, 3.8) is 0 Å². The van der Waals surface area contributed by atoms with Crippen molar-refractivity contribution in [2.24, 2.45) is 5.92 Å². The second kappa shape index (κ2) is 7.05. The summed E-state index contributed by atoms with van der Waals surface area (Å²) in [5.74, 6) is -1.77. The summed E-state index contributed by atoms with van der Waals surface area (Å²) in [4.78, 5) is 21.1. The molecule has 9 heteroatoms. The molecule has 1 saturated heterocycles. The molecule has 1 atom stereocenters. The second-order valence-corrected chi connectivity index (χ2v) is 7.61. The SMILES string of the molecule is O=C(O)C1CCCN(S(=O)(=O)CCc2ccc([N+](=O)[O-])cc2)C1. The monoisotopic (exact) mass is 342 g/mol. The van der Waals surface area contributed by atoms with Gasteiger partial charge in [-0.1, -0.05) is 12.1 Å². The summed E-state index contributed by atoms with van der Waals surface area (Å²) in [7, 11) is -3.54. The van der Waals surface area contributed by atoms with Crippen molar-refractivity contribution in [3.05, 3.63) is 39.9 Å². The van der Waals surface area contributed by atoms with Crippen LogP contribution in [0.4, 0.5) is 5.69 Å². The number of carboxylic acid groups (broad SMARTS) is 1. The normalized spacial score (nSPS) is 19.4. The lowest BCUT2D eigenvalue weighted by Crippen LogP contribution is -2.43. The fraction of sp³-hybridized carbons (Fsp3) is 0.500. The zero-order chi connectivity index (χ0) is 17.0. The number of aliphatic carboxylic acids is 1. The summed E-state index contributed by atoms with van der Waals surface area (Å²) < 4.78 is 25.9. The Kier molecular flexibility index (Phi) is 5.32. The number of hydrogen-bond donors (Lipinski definition) is 1. The molecule has 1 aliphatic heterocycles. The molecule has 0 radical (unpaired) electrons. The Morgan fingerprint density at radius 3 is 2.57 bits per heavy atom. The highest BCUT2D eigenvalue weighted by atomic mass is 32.2. The van der Waals surface area contributed by atoms with E-state index in [1.54, 1.807) is 0 Å². The topological polar surface area (TPSA) is 118 Å². The van der Waals surface area contributed by atoms with Crippen LogP contribution in [0.25, 0.3) is 0 Å². The third-order valence-electron chi connectivity index (χ3n) is 3.92. The van der Waals surface area contributed by atoms with E-state index in [9.17, 15) is 23.3 Å². The maximum atomic E-state index is 12.3. The summed E-state index contributed by atoms with van der Waals surface area (Å²) in [5, 5.41) is 19.6. The van der Waals surface area contributed by atoms with Gasteiger partial charge < -0.3 is 5.11 Å². The van der Waals surface area contributed by atoms with Gasteiger partial charge in [0.2, 0.25) is 10.0 Å². The van der Waals surface area contributed by atoms with Crippen molar-refractivity contribution < 1.29 is 23.2 Å². The van der Waals surface area contributed by atoms with Crippen molar-refractivity contribution in [2.75, 3.05) is 18.8 Å². The number of nitro groups is 1. The molecule has 1 aromatic carbocycles. The highest BCUT2D eigenvalue weighted by Crippen LogP contribution is 2.20. The fourth-order valence-corrected chi connectivity index (χ4v) is 4.12. The molecule has 0 amide bonds. The summed E-state index contributed by atoms with van der Waals surface area (Å²) in [6, 6.07) is 5.74. The Labute approximate surface area is 133 Å². The predicted molar refractivity (Wildman–Crippen MR) is 82.5 cm³/mol. The van der Waals surface area contributed by atoms with Crippen LogP contribution in [0.15, 0.2) is 24.3 Å². The minimum absolute atomic E-state index is 0.0118. The molecule has 1 fully saturated rings. The Bertz CT molecular complexity index is 686. The smallest absolute Gasteiger partial charge is 0.307 e. The molecule has 23 heavy (non-hydrogen) atoms. The van der Waals surface area contributed by atoms with Gasteiger partial charge in [0.1, 0.15) is 0 Å². The first-order valence-corrected chi connectivity index (χ1v) is 8.84.